The monoisotopic (exact) mass is 808 g/mol. The van der Waals surface area contributed by atoms with E-state index >= 15 is 0 Å². The van der Waals surface area contributed by atoms with Gasteiger partial charge in [-0.25, -0.2) is 29.1 Å². The zero-order valence-corrected chi connectivity index (χ0v) is 30.7. The van der Waals surface area contributed by atoms with E-state index in [0.29, 0.717) is 21.9 Å². The molecule has 3 aliphatic heterocycles. The number of aliphatic hydroxyl groups excluding tert-OH is 2. The van der Waals surface area contributed by atoms with E-state index in [1.165, 1.54) is 21.8 Å². The largest absolute Gasteiger partial charge is 0.472 e. The van der Waals surface area contributed by atoms with Crippen molar-refractivity contribution in [3.05, 3.63) is 85.7 Å². The van der Waals surface area contributed by atoms with Crippen molar-refractivity contribution in [2.75, 3.05) is 24.7 Å². The van der Waals surface area contributed by atoms with Crippen LogP contribution in [0.25, 0.3) is 44.3 Å². The van der Waals surface area contributed by atoms with Gasteiger partial charge < -0.3 is 50.1 Å². The Labute approximate surface area is 316 Å². The van der Waals surface area contributed by atoms with Gasteiger partial charge in [-0.1, -0.05) is 60.7 Å². The van der Waals surface area contributed by atoms with E-state index in [1.807, 2.05) is 60.7 Å². The molecule has 20 nitrogen and oxygen atoms in total. The first-order chi connectivity index (χ1) is 26.9. The zero-order valence-electron chi connectivity index (χ0n) is 28.9. The average Bonchev–Trinajstić information content (AvgIpc) is 3.93. The molecule has 10 atom stereocenters. The minimum Gasteiger partial charge on any atom is -0.387 e. The zero-order chi connectivity index (χ0) is 38.9. The molecule has 9 rings (SSSR count). The van der Waals surface area contributed by atoms with Gasteiger partial charge >= 0.3 is 15.6 Å². The maximum absolute atomic E-state index is 13.7. The van der Waals surface area contributed by atoms with Crippen LogP contribution in [-0.2, 0) is 36.7 Å². The van der Waals surface area contributed by atoms with Crippen LogP contribution >= 0.6 is 15.6 Å². The fourth-order valence-corrected chi connectivity index (χ4v) is 9.29. The summed E-state index contributed by atoms with van der Waals surface area (Å²) in [5.74, 6) is 0.276. The molecule has 56 heavy (non-hydrogen) atoms. The topological polar surface area (TPSA) is 284 Å². The van der Waals surface area contributed by atoms with Gasteiger partial charge in [-0.15, -0.1) is 0 Å². The van der Waals surface area contributed by atoms with Crippen molar-refractivity contribution >= 4 is 49.3 Å². The maximum Gasteiger partial charge on any atom is 0.472 e. The Balaban J connectivity index is 1.05. The number of rotatable bonds is 4. The molecule has 292 valence electrons. The standard InChI is InChI=1S/C34H34N8O12P2/c35-29-23-19(17-7-3-1-4-8-17)11-41(31(23)39-15-37-29)33-26(44)27-22(52-33)14-50-56(47,48)54-28-25(43)21(13-49-55(45,46)53-27)51-34(28)42-12-20(18-9-5-2-6-10-18)24-30(36)38-16-40-32(24)42/h1-12,15-16,21-22,25-28,33-34,43-44H,13-14H2,(H,45,46)(H,47,48)(H2,35,37,39)(H2,36,38,40)/t21-,22-,25-,26-,27-,28-,33-,34-/m1/s1. The normalized spacial score (nSPS) is 32.5. The highest BCUT2D eigenvalue weighted by molar-refractivity contribution is 7.47. The van der Waals surface area contributed by atoms with Crippen LogP contribution < -0.4 is 11.5 Å². The van der Waals surface area contributed by atoms with E-state index in [4.69, 9.17) is 39.0 Å². The summed E-state index contributed by atoms with van der Waals surface area (Å²) >= 11 is 0. The summed E-state index contributed by atoms with van der Waals surface area (Å²) in [5, 5.41) is 23.9. The molecule has 0 aliphatic carbocycles. The fraction of sp³-hybridized carbons (Fsp3) is 0.294. The first kappa shape index (κ1) is 36.9. The van der Waals surface area contributed by atoms with Gasteiger partial charge in [0.15, 0.2) is 12.5 Å². The van der Waals surface area contributed by atoms with Gasteiger partial charge in [0.1, 0.15) is 72.2 Å². The molecule has 8 N–H and O–H groups in total. The van der Waals surface area contributed by atoms with E-state index in [9.17, 15) is 29.1 Å². The minimum absolute atomic E-state index is 0.131. The van der Waals surface area contributed by atoms with Crippen LogP contribution in [0.5, 0.6) is 0 Å². The van der Waals surface area contributed by atoms with Crippen LogP contribution in [0.2, 0.25) is 0 Å². The fourth-order valence-electron chi connectivity index (χ4n) is 7.39. The van der Waals surface area contributed by atoms with Crippen LogP contribution in [0, 0.1) is 0 Å². The van der Waals surface area contributed by atoms with Gasteiger partial charge in [0, 0.05) is 23.5 Å². The number of aliphatic hydroxyl groups is 2. The first-order valence-corrected chi connectivity index (χ1v) is 20.2. The molecule has 7 heterocycles. The Morgan fingerprint density at radius 1 is 0.625 bits per heavy atom. The molecule has 2 unspecified atom stereocenters. The molecular formula is C34H34N8O12P2. The van der Waals surface area contributed by atoms with Crippen LogP contribution in [0.1, 0.15) is 12.5 Å². The lowest BCUT2D eigenvalue weighted by atomic mass is 10.1. The van der Waals surface area contributed by atoms with E-state index in [0.717, 1.165) is 11.1 Å². The molecule has 3 aliphatic rings. The number of nitrogens with zero attached hydrogens (tertiary/aromatic N) is 6. The Hall–Kier alpha value is -4.66. The van der Waals surface area contributed by atoms with E-state index in [1.54, 1.807) is 12.4 Å². The highest BCUT2D eigenvalue weighted by atomic mass is 31.2. The summed E-state index contributed by atoms with van der Waals surface area (Å²) in [6, 6.07) is 18.3. The highest BCUT2D eigenvalue weighted by Gasteiger charge is 2.54. The van der Waals surface area contributed by atoms with Crippen molar-refractivity contribution < 1.29 is 56.7 Å². The van der Waals surface area contributed by atoms with Crippen molar-refractivity contribution in [2.45, 2.75) is 49.1 Å². The molecule has 0 amide bonds. The van der Waals surface area contributed by atoms with Crippen molar-refractivity contribution in [3.8, 4) is 22.3 Å². The molecule has 22 heteroatoms. The average molecular weight is 809 g/mol. The lowest BCUT2D eigenvalue weighted by molar-refractivity contribution is -0.0670. The number of hydrogen-bond donors (Lipinski definition) is 6. The summed E-state index contributed by atoms with van der Waals surface area (Å²) in [7, 11) is -10.2. The van der Waals surface area contributed by atoms with Crippen molar-refractivity contribution in [1.29, 1.82) is 0 Å². The third kappa shape index (κ3) is 6.48. The number of nitrogen functional groups attached to an aromatic ring is 2. The minimum atomic E-state index is -5.13. The molecule has 0 spiro atoms. The second kappa shape index (κ2) is 14.1. The lowest BCUT2D eigenvalue weighted by Crippen LogP contribution is -2.36. The Morgan fingerprint density at radius 3 is 1.62 bits per heavy atom. The molecular weight excluding hydrogens is 774 g/mol. The van der Waals surface area contributed by atoms with Gasteiger partial charge in [0.2, 0.25) is 0 Å². The summed E-state index contributed by atoms with van der Waals surface area (Å²) in [5.41, 5.74) is 15.7. The number of aromatic nitrogens is 6. The molecule has 0 radical (unpaired) electrons. The van der Waals surface area contributed by atoms with Crippen molar-refractivity contribution in [2.24, 2.45) is 0 Å². The van der Waals surface area contributed by atoms with E-state index < -0.39 is 77.9 Å². The number of nitrogens with two attached hydrogens (primary N) is 2. The number of anilines is 2. The smallest absolute Gasteiger partial charge is 0.387 e. The SMILES string of the molecule is Nc1ncnc2c1c(-c1ccccc1)cn2[C@@H]1O[C@@H]2COP(=O)(O)O[C@@H]3[C@H](O)[C@@H](COP(=O)(O)O[C@H]2[C@H]1O)O[C@H]3n1cc(-c2ccccc2)c2c(N)ncnc21. The van der Waals surface area contributed by atoms with Crippen LogP contribution in [-0.4, -0.2) is 98.9 Å². The summed E-state index contributed by atoms with van der Waals surface area (Å²) in [6.45, 7) is -1.57. The van der Waals surface area contributed by atoms with Gasteiger partial charge in [-0.3, -0.25) is 18.1 Å². The second-order valence-electron chi connectivity index (χ2n) is 13.3. The highest BCUT2D eigenvalue weighted by Crippen LogP contribution is 2.54. The van der Waals surface area contributed by atoms with Crippen LogP contribution in [0.15, 0.2) is 85.7 Å². The van der Waals surface area contributed by atoms with Crippen molar-refractivity contribution in [3.63, 3.8) is 0 Å². The molecule has 2 aromatic carbocycles. The van der Waals surface area contributed by atoms with Crippen molar-refractivity contribution in [1.82, 2.24) is 29.1 Å². The first-order valence-electron chi connectivity index (χ1n) is 17.2. The van der Waals surface area contributed by atoms with Gasteiger partial charge in [-0.05, 0) is 11.1 Å². The summed E-state index contributed by atoms with van der Waals surface area (Å²) in [4.78, 5) is 39.0. The predicted molar refractivity (Wildman–Crippen MR) is 196 cm³/mol. The van der Waals surface area contributed by atoms with Crippen LogP contribution in [0.4, 0.5) is 11.6 Å². The Morgan fingerprint density at radius 2 is 1.09 bits per heavy atom. The number of benzene rings is 2. The predicted octanol–water partition coefficient (Wildman–Crippen LogP) is 2.91. The lowest BCUT2D eigenvalue weighted by Gasteiger charge is -2.26. The Bertz CT molecular complexity index is 2530. The summed E-state index contributed by atoms with van der Waals surface area (Å²) < 4.78 is 64.2. The van der Waals surface area contributed by atoms with Crippen LogP contribution in [0.3, 0.4) is 0 Å². The number of phosphoric acid groups is 2. The van der Waals surface area contributed by atoms with Gasteiger partial charge in [0.05, 0.1) is 24.0 Å². The summed E-state index contributed by atoms with van der Waals surface area (Å²) in [6.07, 6.45) is -6.67. The molecule has 6 aromatic rings. The molecule has 0 saturated carbocycles. The number of phosphoric ester groups is 2. The van der Waals surface area contributed by atoms with E-state index in [2.05, 4.69) is 19.9 Å². The second-order valence-corrected chi connectivity index (χ2v) is 16.1. The Kier molecular flexibility index (Phi) is 9.28. The molecule has 3 saturated heterocycles. The third-order valence-corrected chi connectivity index (χ3v) is 11.9. The van der Waals surface area contributed by atoms with Gasteiger partial charge in [0.25, 0.3) is 0 Å². The third-order valence-electron chi connectivity index (χ3n) is 9.93. The quantitative estimate of drug-likeness (QED) is 0.140. The number of ether oxygens (including phenoxy) is 2. The molecule has 2 bridgehead atoms. The maximum atomic E-state index is 13.7. The van der Waals surface area contributed by atoms with E-state index in [-0.39, 0.29) is 22.9 Å². The number of fused-ring (bicyclic) bond motifs is 5. The molecule has 3 fully saturated rings. The van der Waals surface area contributed by atoms with Gasteiger partial charge in [-0.2, -0.15) is 0 Å². The molecule has 4 aromatic heterocycles. The number of hydrogen-bond acceptors (Lipinski definition) is 16.